The lowest BCUT2D eigenvalue weighted by Crippen LogP contribution is -2.17. The molecule has 2 N–H and O–H groups in total. The molecule has 3 rings (SSSR count). The van der Waals surface area contributed by atoms with Crippen molar-refractivity contribution in [3.8, 4) is 0 Å². The van der Waals surface area contributed by atoms with Crippen molar-refractivity contribution in [2.45, 2.75) is 13.0 Å². The lowest BCUT2D eigenvalue weighted by Gasteiger charge is -2.03. The minimum absolute atomic E-state index is 0.854. The Labute approximate surface area is 111 Å². The second-order valence-electron chi connectivity index (χ2n) is 4.66. The van der Waals surface area contributed by atoms with Crippen molar-refractivity contribution in [1.29, 1.82) is 0 Å². The lowest BCUT2D eigenvalue weighted by molar-refractivity contribution is 0.661. The molecule has 2 heterocycles. The van der Waals surface area contributed by atoms with Crippen molar-refractivity contribution in [3.05, 3.63) is 48.2 Å². The molecule has 0 radical (unpaired) electrons. The maximum atomic E-state index is 4.25. The zero-order chi connectivity index (χ0) is 13.1. The van der Waals surface area contributed by atoms with Crippen LogP contribution >= 0.6 is 0 Å². The predicted octanol–water partition coefficient (Wildman–Crippen LogP) is 1.63. The smallest absolute Gasteiger partial charge is 0.151 e. The van der Waals surface area contributed by atoms with E-state index in [9.17, 15) is 0 Å². The Kier molecular flexibility index (Phi) is 3.29. The number of nitrogens with one attached hydrogen (secondary N) is 2. The third kappa shape index (κ3) is 2.82. The highest BCUT2D eigenvalue weighted by molar-refractivity contribution is 5.79. The minimum Gasteiger partial charge on any atom is -0.361 e. The second kappa shape index (κ2) is 5.24. The van der Waals surface area contributed by atoms with Gasteiger partial charge in [0, 0.05) is 38.3 Å². The van der Waals surface area contributed by atoms with Crippen molar-refractivity contribution in [2.24, 2.45) is 7.05 Å². The van der Waals surface area contributed by atoms with Gasteiger partial charge >= 0.3 is 0 Å². The summed E-state index contributed by atoms with van der Waals surface area (Å²) in [6.45, 7) is 1.75. The van der Waals surface area contributed by atoms with Crippen molar-refractivity contribution >= 4 is 10.9 Å². The first kappa shape index (κ1) is 11.9. The van der Waals surface area contributed by atoms with Crippen molar-refractivity contribution in [1.82, 2.24) is 25.1 Å². The molecule has 0 fully saturated rings. The number of H-pyrrole nitrogens is 1. The van der Waals surface area contributed by atoms with Gasteiger partial charge in [0.1, 0.15) is 6.33 Å². The van der Waals surface area contributed by atoms with E-state index >= 15 is 0 Å². The number of aromatic amines is 1. The van der Waals surface area contributed by atoms with Gasteiger partial charge in [0.05, 0.1) is 0 Å². The van der Waals surface area contributed by atoms with E-state index < -0.39 is 0 Å². The Morgan fingerprint density at radius 2 is 2.26 bits per heavy atom. The van der Waals surface area contributed by atoms with Crippen LogP contribution in [0, 0.1) is 0 Å². The van der Waals surface area contributed by atoms with Gasteiger partial charge in [-0.3, -0.25) is 4.68 Å². The molecule has 3 aromatic rings. The molecule has 0 unspecified atom stereocenters. The first-order valence-electron chi connectivity index (χ1n) is 6.42. The molecule has 0 aliphatic carbocycles. The third-order valence-corrected chi connectivity index (χ3v) is 3.12. The highest BCUT2D eigenvalue weighted by Gasteiger charge is 1.99. The second-order valence-corrected chi connectivity index (χ2v) is 4.66. The van der Waals surface area contributed by atoms with E-state index in [-0.39, 0.29) is 0 Å². The minimum atomic E-state index is 0.854. The van der Waals surface area contributed by atoms with E-state index in [0.717, 1.165) is 25.3 Å². The fourth-order valence-electron chi connectivity index (χ4n) is 2.14. The van der Waals surface area contributed by atoms with Crippen LogP contribution in [0.25, 0.3) is 10.9 Å². The summed E-state index contributed by atoms with van der Waals surface area (Å²) in [6, 6.07) is 8.56. The molecule has 0 atom stereocenters. The summed E-state index contributed by atoms with van der Waals surface area (Å²) in [4.78, 5) is 7.40. The monoisotopic (exact) mass is 255 g/mol. The molecule has 0 aliphatic heterocycles. The maximum absolute atomic E-state index is 4.25. The third-order valence-electron chi connectivity index (χ3n) is 3.12. The Bertz CT molecular complexity index is 667. The quantitative estimate of drug-likeness (QED) is 0.681. The molecule has 98 valence electrons. The van der Waals surface area contributed by atoms with Gasteiger partial charge in [-0.15, -0.1) is 0 Å². The summed E-state index contributed by atoms with van der Waals surface area (Å²) in [5.41, 5.74) is 2.47. The fourth-order valence-corrected chi connectivity index (χ4v) is 2.14. The number of benzene rings is 1. The molecule has 0 saturated heterocycles. The van der Waals surface area contributed by atoms with E-state index in [4.69, 9.17) is 0 Å². The summed E-state index contributed by atoms with van der Waals surface area (Å²) < 4.78 is 1.73. The first-order chi connectivity index (χ1) is 9.31. The van der Waals surface area contributed by atoms with Gasteiger partial charge in [-0.25, -0.2) is 4.98 Å². The highest BCUT2D eigenvalue weighted by Crippen LogP contribution is 2.13. The van der Waals surface area contributed by atoms with Crippen LogP contribution in [-0.2, 0) is 20.0 Å². The molecule has 0 bridgehead atoms. The number of aryl methyl sites for hydroxylation is 1. The van der Waals surface area contributed by atoms with Gasteiger partial charge in [-0.1, -0.05) is 6.07 Å². The number of hydrogen-bond acceptors (Lipinski definition) is 3. The molecule has 0 spiro atoms. The number of rotatable bonds is 5. The van der Waals surface area contributed by atoms with Crippen molar-refractivity contribution in [3.63, 3.8) is 0 Å². The zero-order valence-electron chi connectivity index (χ0n) is 10.9. The number of fused-ring (bicyclic) bond motifs is 1. The molecule has 19 heavy (non-hydrogen) atoms. The molecule has 5 nitrogen and oxygen atoms in total. The van der Waals surface area contributed by atoms with Crippen LogP contribution in [-0.4, -0.2) is 26.3 Å². The molecule has 0 saturated carbocycles. The Morgan fingerprint density at radius 3 is 3.11 bits per heavy atom. The van der Waals surface area contributed by atoms with Crippen molar-refractivity contribution < 1.29 is 0 Å². The normalized spacial score (nSPS) is 11.2. The number of aromatic nitrogens is 4. The van der Waals surface area contributed by atoms with Gasteiger partial charge < -0.3 is 10.3 Å². The lowest BCUT2D eigenvalue weighted by atomic mass is 10.1. The number of hydrogen-bond donors (Lipinski definition) is 2. The number of nitrogens with zero attached hydrogens (tertiary/aromatic N) is 3. The summed E-state index contributed by atoms with van der Waals surface area (Å²) in [5.74, 6) is 0.885. The Balaban J connectivity index is 1.51. The average Bonchev–Trinajstić information content (AvgIpc) is 3.03. The largest absolute Gasteiger partial charge is 0.361 e. The van der Waals surface area contributed by atoms with Crippen LogP contribution in [0.3, 0.4) is 0 Å². The van der Waals surface area contributed by atoms with Gasteiger partial charge in [-0.05, 0) is 29.1 Å². The molecular weight excluding hydrogens is 238 g/mol. The fraction of sp³-hybridized carbons (Fsp3) is 0.286. The van der Waals surface area contributed by atoms with Crippen LogP contribution < -0.4 is 5.32 Å². The van der Waals surface area contributed by atoms with Crippen LogP contribution in [0.15, 0.2) is 36.8 Å². The van der Waals surface area contributed by atoms with E-state index in [2.05, 4.69) is 44.6 Å². The van der Waals surface area contributed by atoms with Gasteiger partial charge in [0.25, 0.3) is 0 Å². The molecule has 0 amide bonds. The molecule has 0 aliphatic rings. The average molecular weight is 255 g/mol. The maximum Gasteiger partial charge on any atom is 0.151 e. The van der Waals surface area contributed by atoms with Crippen LogP contribution in [0.4, 0.5) is 0 Å². The summed E-state index contributed by atoms with van der Waals surface area (Å²) >= 11 is 0. The van der Waals surface area contributed by atoms with E-state index in [1.807, 2.05) is 13.2 Å². The highest BCUT2D eigenvalue weighted by atomic mass is 15.3. The zero-order valence-corrected chi connectivity index (χ0v) is 10.9. The predicted molar refractivity (Wildman–Crippen MR) is 74.7 cm³/mol. The van der Waals surface area contributed by atoms with E-state index in [1.165, 1.54) is 16.5 Å². The van der Waals surface area contributed by atoms with E-state index in [0.29, 0.717) is 0 Å². The molecule has 5 heteroatoms. The van der Waals surface area contributed by atoms with Crippen LogP contribution in [0.1, 0.15) is 11.4 Å². The van der Waals surface area contributed by atoms with Crippen molar-refractivity contribution in [2.75, 3.05) is 6.54 Å². The summed E-state index contributed by atoms with van der Waals surface area (Å²) in [5, 5.41) is 8.92. The van der Waals surface area contributed by atoms with Gasteiger partial charge in [0.15, 0.2) is 5.82 Å². The Hall–Kier alpha value is -2.14. The standard InChI is InChI=1S/C14H17N5/c1-19-10-17-14(18-19)5-6-15-9-11-2-3-13-12(8-11)4-7-16-13/h2-4,7-8,10,15-16H,5-6,9H2,1H3. The first-order valence-corrected chi connectivity index (χ1v) is 6.42. The van der Waals surface area contributed by atoms with Crippen LogP contribution in [0.5, 0.6) is 0 Å². The van der Waals surface area contributed by atoms with Gasteiger partial charge in [0.2, 0.25) is 0 Å². The molecular formula is C14H17N5. The molecule has 1 aromatic carbocycles. The topological polar surface area (TPSA) is 58.5 Å². The summed E-state index contributed by atoms with van der Waals surface area (Å²) in [6.07, 6.45) is 4.55. The van der Waals surface area contributed by atoms with Gasteiger partial charge in [-0.2, -0.15) is 5.10 Å². The SMILES string of the molecule is Cn1cnc(CCNCc2ccc3[nH]ccc3c2)n1. The van der Waals surface area contributed by atoms with E-state index in [1.54, 1.807) is 11.0 Å². The molecule has 2 aromatic heterocycles. The Morgan fingerprint density at radius 1 is 1.32 bits per heavy atom. The summed E-state index contributed by atoms with van der Waals surface area (Å²) in [7, 11) is 1.88. The van der Waals surface area contributed by atoms with Crippen LogP contribution in [0.2, 0.25) is 0 Å².